The van der Waals surface area contributed by atoms with Gasteiger partial charge in [0.05, 0.1) is 16.3 Å². The molecule has 0 amide bonds. The highest BCUT2D eigenvalue weighted by atomic mass is 35.5. The first-order valence-corrected chi connectivity index (χ1v) is 8.12. The topological polar surface area (TPSA) is 61.2 Å². The summed E-state index contributed by atoms with van der Waals surface area (Å²) in [6.45, 7) is 5.76. The van der Waals surface area contributed by atoms with Crippen molar-refractivity contribution in [3.8, 4) is 6.07 Å². The summed E-state index contributed by atoms with van der Waals surface area (Å²) in [5.41, 5.74) is 0.754. The van der Waals surface area contributed by atoms with E-state index in [1.807, 2.05) is 6.07 Å². The Labute approximate surface area is 117 Å². The van der Waals surface area contributed by atoms with E-state index in [1.54, 1.807) is 26.8 Å². The number of nitrogens with zero attached hydrogens (tertiary/aromatic N) is 2. The van der Waals surface area contributed by atoms with Crippen molar-refractivity contribution < 1.29 is 8.42 Å². The largest absolute Gasteiger partial charge is 0.252 e. The zero-order chi connectivity index (χ0) is 13.9. The summed E-state index contributed by atoms with van der Waals surface area (Å²) in [7, 11) is -3.54. The van der Waals surface area contributed by atoms with E-state index in [9.17, 15) is 8.42 Å². The van der Waals surface area contributed by atoms with E-state index in [0.29, 0.717) is 10.9 Å². The smallest absolute Gasteiger partial charge is 0.206 e. The van der Waals surface area contributed by atoms with Crippen molar-refractivity contribution in [2.24, 2.45) is 5.92 Å². The van der Waals surface area contributed by atoms with Gasteiger partial charge in [-0.1, -0.05) is 18.5 Å². The third kappa shape index (κ3) is 3.23. The maximum atomic E-state index is 12.3. The number of halogens is 1. The summed E-state index contributed by atoms with van der Waals surface area (Å²) in [4.78, 5) is 0. The predicted molar refractivity (Wildman–Crippen MR) is 73.3 cm³/mol. The number of hydrogen-bond donors (Lipinski definition) is 0. The lowest BCUT2D eigenvalue weighted by Gasteiger charge is -2.20. The molecule has 0 aromatic carbocycles. The summed E-state index contributed by atoms with van der Waals surface area (Å²) in [6.07, 6.45) is 0. The molecular weight excluding hydrogens is 292 g/mol. The Balaban J connectivity index is 3.08. The van der Waals surface area contributed by atoms with E-state index in [2.05, 4.69) is 0 Å². The molecule has 0 bridgehead atoms. The molecule has 1 heterocycles. The molecule has 4 nitrogen and oxygen atoms in total. The van der Waals surface area contributed by atoms with Crippen molar-refractivity contribution in [3.05, 3.63) is 16.0 Å². The van der Waals surface area contributed by atoms with E-state index in [1.165, 1.54) is 4.31 Å². The van der Waals surface area contributed by atoms with Gasteiger partial charge in [-0.2, -0.15) is 9.57 Å². The van der Waals surface area contributed by atoms with Gasteiger partial charge in [0.1, 0.15) is 4.21 Å². The second kappa shape index (κ2) is 6.02. The lowest BCUT2D eigenvalue weighted by atomic mass is 10.2. The minimum atomic E-state index is -3.54. The molecule has 100 valence electrons. The van der Waals surface area contributed by atoms with Gasteiger partial charge >= 0.3 is 0 Å². The fourth-order valence-electron chi connectivity index (χ4n) is 1.43. The molecule has 0 radical (unpaired) electrons. The first kappa shape index (κ1) is 15.4. The Hall–Kier alpha value is -0.610. The molecule has 0 aliphatic rings. The first-order valence-electron chi connectivity index (χ1n) is 5.48. The number of thiophene rings is 1. The molecule has 0 saturated heterocycles. The van der Waals surface area contributed by atoms with Crippen LogP contribution in [-0.2, 0) is 10.0 Å². The fourth-order valence-corrected chi connectivity index (χ4v) is 4.83. The predicted octanol–water partition coefficient (Wildman–Crippen LogP) is 2.88. The van der Waals surface area contributed by atoms with Crippen LogP contribution in [0.1, 0.15) is 19.4 Å². The quantitative estimate of drug-likeness (QED) is 0.840. The number of hydrogen-bond acceptors (Lipinski definition) is 4. The lowest BCUT2D eigenvalue weighted by Crippen LogP contribution is -2.33. The number of sulfonamides is 1. The zero-order valence-electron chi connectivity index (χ0n) is 10.5. The van der Waals surface area contributed by atoms with Gasteiger partial charge in [-0.05, 0) is 25.5 Å². The Morgan fingerprint density at radius 3 is 2.61 bits per heavy atom. The minimum Gasteiger partial charge on any atom is -0.206 e. The van der Waals surface area contributed by atoms with Crippen molar-refractivity contribution in [2.45, 2.75) is 25.0 Å². The molecule has 1 aromatic heterocycles. The van der Waals surface area contributed by atoms with Crippen LogP contribution in [0, 0.1) is 24.2 Å². The molecule has 1 aromatic rings. The molecule has 1 atom stereocenters. The molecular formula is C11H15ClN2O2S2. The number of aryl methyl sites for hydroxylation is 1. The summed E-state index contributed by atoms with van der Waals surface area (Å²) >= 11 is 6.95. The monoisotopic (exact) mass is 306 g/mol. The molecule has 0 fully saturated rings. The van der Waals surface area contributed by atoms with Crippen molar-refractivity contribution in [3.63, 3.8) is 0 Å². The van der Waals surface area contributed by atoms with Crippen LogP contribution in [-0.4, -0.2) is 25.8 Å². The van der Waals surface area contributed by atoms with E-state index in [0.717, 1.165) is 16.9 Å². The van der Waals surface area contributed by atoms with Crippen LogP contribution in [0.3, 0.4) is 0 Å². The molecule has 0 N–H and O–H groups in total. The SMILES string of the molecule is CCN(CC(C)C#N)S(=O)(=O)c1cc(C)c(Cl)s1. The highest BCUT2D eigenvalue weighted by molar-refractivity contribution is 7.91. The van der Waals surface area contributed by atoms with Crippen LogP contribution in [0.15, 0.2) is 10.3 Å². The Bertz CT molecular complexity index is 541. The lowest BCUT2D eigenvalue weighted by molar-refractivity contribution is 0.401. The third-order valence-corrected chi connectivity index (χ3v) is 6.42. The first-order chi connectivity index (χ1) is 8.32. The molecule has 1 rings (SSSR count). The maximum absolute atomic E-state index is 12.3. The molecule has 0 saturated carbocycles. The van der Waals surface area contributed by atoms with Crippen LogP contribution < -0.4 is 0 Å². The average molecular weight is 307 g/mol. The Morgan fingerprint density at radius 2 is 2.22 bits per heavy atom. The molecule has 0 aliphatic heterocycles. The van der Waals surface area contributed by atoms with Crippen molar-refractivity contribution in [1.82, 2.24) is 4.31 Å². The van der Waals surface area contributed by atoms with E-state index in [-0.39, 0.29) is 16.7 Å². The summed E-state index contributed by atoms with van der Waals surface area (Å²) in [5.74, 6) is -0.337. The van der Waals surface area contributed by atoms with Crippen molar-refractivity contribution in [1.29, 1.82) is 5.26 Å². The second-order valence-corrected chi connectivity index (χ2v) is 7.83. The van der Waals surface area contributed by atoms with Crippen LogP contribution in [0.2, 0.25) is 4.34 Å². The van der Waals surface area contributed by atoms with E-state index in [4.69, 9.17) is 16.9 Å². The van der Waals surface area contributed by atoms with E-state index >= 15 is 0 Å². The average Bonchev–Trinajstić information content (AvgIpc) is 2.66. The maximum Gasteiger partial charge on any atom is 0.252 e. The van der Waals surface area contributed by atoms with Crippen molar-refractivity contribution in [2.75, 3.05) is 13.1 Å². The standard InChI is InChI=1S/C11H15ClN2O2S2/c1-4-14(7-8(2)6-13)18(15,16)10-5-9(3)11(12)17-10/h5,8H,4,7H2,1-3H3. The van der Waals surface area contributed by atoms with E-state index < -0.39 is 10.0 Å². The third-order valence-electron chi connectivity index (χ3n) is 2.48. The van der Waals surface area contributed by atoms with Gasteiger partial charge in [-0.15, -0.1) is 11.3 Å². The molecule has 0 aliphatic carbocycles. The molecule has 7 heteroatoms. The molecule has 18 heavy (non-hydrogen) atoms. The van der Waals surface area contributed by atoms with Crippen LogP contribution >= 0.6 is 22.9 Å². The Kier molecular flexibility index (Phi) is 5.17. The van der Waals surface area contributed by atoms with Crippen LogP contribution in [0.25, 0.3) is 0 Å². The zero-order valence-corrected chi connectivity index (χ0v) is 12.9. The second-order valence-electron chi connectivity index (χ2n) is 4.01. The van der Waals surface area contributed by atoms with Crippen LogP contribution in [0.5, 0.6) is 0 Å². The van der Waals surface area contributed by atoms with Crippen molar-refractivity contribution >= 4 is 33.0 Å². The fraction of sp³-hybridized carbons (Fsp3) is 0.545. The molecule has 0 spiro atoms. The normalized spacial score (nSPS) is 13.6. The van der Waals surface area contributed by atoms with Gasteiger partial charge in [-0.3, -0.25) is 0 Å². The summed E-state index contributed by atoms with van der Waals surface area (Å²) in [6, 6.07) is 3.61. The van der Waals surface area contributed by atoms with Gasteiger partial charge in [0.25, 0.3) is 10.0 Å². The van der Waals surface area contributed by atoms with Gasteiger partial charge in [0, 0.05) is 13.1 Å². The highest BCUT2D eigenvalue weighted by Gasteiger charge is 2.26. The van der Waals surface area contributed by atoms with Gasteiger partial charge in [-0.25, -0.2) is 8.42 Å². The van der Waals surface area contributed by atoms with Gasteiger partial charge in [0.15, 0.2) is 0 Å². The number of nitriles is 1. The van der Waals surface area contributed by atoms with Gasteiger partial charge in [0.2, 0.25) is 0 Å². The van der Waals surface area contributed by atoms with Gasteiger partial charge < -0.3 is 0 Å². The van der Waals surface area contributed by atoms with Crippen LogP contribution in [0.4, 0.5) is 0 Å². The summed E-state index contributed by atoms with van der Waals surface area (Å²) in [5, 5.41) is 8.77. The minimum absolute atomic E-state index is 0.198. The molecule has 1 unspecified atom stereocenters. The summed E-state index contributed by atoms with van der Waals surface area (Å²) < 4.78 is 26.7. The number of rotatable bonds is 5. The Morgan fingerprint density at radius 1 is 1.61 bits per heavy atom. The highest BCUT2D eigenvalue weighted by Crippen LogP contribution is 2.32.